The van der Waals surface area contributed by atoms with Gasteiger partial charge in [0.25, 0.3) is 0 Å². The molecule has 10 heteroatoms. The molecular weight excluding hydrogens is 440 g/mol. The van der Waals surface area contributed by atoms with Gasteiger partial charge in [-0.15, -0.1) is 11.3 Å². The lowest BCUT2D eigenvalue weighted by atomic mass is 10.1. The maximum atomic E-state index is 13.2. The number of ether oxygens (including phenoxy) is 2. The number of benzene rings is 1. The molecule has 2 heterocycles. The number of hydrogen-bond acceptors (Lipinski definition) is 7. The van der Waals surface area contributed by atoms with E-state index >= 15 is 0 Å². The molecule has 1 atom stereocenters. The summed E-state index contributed by atoms with van der Waals surface area (Å²) < 4.78 is 37.7. The smallest absolute Gasteiger partial charge is 0.341 e. The molecule has 1 aliphatic heterocycles. The van der Waals surface area contributed by atoms with Crippen molar-refractivity contribution in [3.8, 4) is 5.75 Å². The molecule has 1 aromatic carbocycles. The van der Waals surface area contributed by atoms with Crippen LogP contribution in [0, 0.1) is 13.8 Å². The molecule has 1 aromatic heterocycles. The molecule has 0 saturated carbocycles. The van der Waals surface area contributed by atoms with Crippen molar-refractivity contribution in [1.82, 2.24) is 4.31 Å². The highest BCUT2D eigenvalue weighted by Crippen LogP contribution is 2.34. The van der Waals surface area contributed by atoms with Crippen molar-refractivity contribution < 1.29 is 27.5 Å². The Hall–Kier alpha value is -2.43. The lowest BCUT2D eigenvalue weighted by molar-refractivity contribution is -0.119. The van der Waals surface area contributed by atoms with Crippen LogP contribution in [0.25, 0.3) is 0 Å². The summed E-state index contributed by atoms with van der Waals surface area (Å²) in [5.74, 6) is -0.417. The van der Waals surface area contributed by atoms with Gasteiger partial charge in [0, 0.05) is 11.4 Å². The van der Waals surface area contributed by atoms with Gasteiger partial charge in [-0.25, -0.2) is 13.2 Å². The van der Waals surface area contributed by atoms with Crippen LogP contribution in [0.2, 0.25) is 0 Å². The lowest BCUT2D eigenvalue weighted by Gasteiger charge is -2.23. The van der Waals surface area contributed by atoms with Crippen molar-refractivity contribution in [3.05, 3.63) is 40.3 Å². The Labute approximate surface area is 186 Å². The maximum absolute atomic E-state index is 13.2. The molecule has 8 nitrogen and oxygen atoms in total. The van der Waals surface area contributed by atoms with Gasteiger partial charge < -0.3 is 14.8 Å². The van der Waals surface area contributed by atoms with Crippen LogP contribution in [0.3, 0.4) is 0 Å². The summed E-state index contributed by atoms with van der Waals surface area (Å²) in [4.78, 5) is 26.4. The first kappa shape index (κ1) is 23.2. The molecule has 3 rings (SSSR count). The quantitative estimate of drug-likeness (QED) is 0.628. The Balaban J connectivity index is 1.85. The molecule has 2 aromatic rings. The summed E-state index contributed by atoms with van der Waals surface area (Å²) in [7, 11) is -2.36. The molecule has 1 N–H and O–H groups in total. The zero-order chi connectivity index (χ0) is 22.8. The first-order valence-corrected chi connectivity index (χ1v) is 12.2. The number of anilines is 1. The van der Waals surface area contributed by atoms with Gasteiger partial charge in [0.1, 0.15) is 16.8 Å². The summed E-state index contributed by atoms with van der Waals surface area (Å²) in [5.41, 5.74) is 1.06. The average Bonchev–Trinajstić information content (AvgIpc) is 3.34. The number of sulfonamides is 1. The number of thiophene rings is 1. The number of hydrogen-bond donors (Lipinski definition) is 1. The highest BCUT2D eigenvalue weighted by Gasteiger charge is 2.40. The minimum atomic E-state index is -3.86. The van der Waals surface area contributed by atoms with E-state index in [2.05, 4.69) is 5.32 Å². The van der Waals surface area contributed by atoms with E-state index in [1.54, 1.807) is 26.0 Å². The van der Waals surface area contributed by atoms with Crippen LogP contribution >= 0.6 is 11.3 Å². The molecule has 1 fully saturated rings. The minimum absolute atomic E-state index is 0.100. The molecule has 0 bridgehead atoms. The topological polar surface area (TPSA) is 102 Å². The van der Waals surface area contributed by atoms with Gasteiger partial charge in [-0.1, -0.05) is 0 Å². The SMILES string of the molecule is CCOC(=O)c1c(NC(=O)C2CCCN2S(=O)(=O)c2ccc(OC)cc2)sc(C)c1C. The van der Waals surface area contributed by atoms with Crippen LogP contribution in [0.5, 0.6) is 5.75 Å². The fourth-order valence-electron chi connectivity index (χ4n) is 3.53. The molecular formula is C21H26N2O6S2. The van der Waals surface area contributed by atoms with Gasteiger partial charge in [0.15, 0.2) is 0 Å². The van der Waals surface area contributed by atoms with Gasteiger partial charge in [-0.05, 0) is 63.4 Å². The van der Waals surface area contributed by atoms with Crippen molar-refractivity contribution >= 4 is 38.2 Å². The number of nitrogens with zero attached hydrogens (tertiary/aromatic N) is 1. The molecule has 0 spiro atoms. The van der Waals surface area contributed by atoms with Crippen LogP contribution in [0.4, 0.5) is 5.00 Å². The van der Waals surface area contributed by atoms with Crippen molar-refractivity contribution in [2.45, 2.75) is 44.6 Å². The van der Waals surface area contributed by atoms with E-state index in [1.165, 1.54) is 34.9 Å². The van der Waals surface area contributed by atoms with Gasteiger partial charge in [0.2, 0.25) is 15.9 Å². The normalized spacial score (nSPS) is 16.8. The van der Waals surface area contributed by atoms with Crippen LogP contribution in [0.1, 0.15) is 40.6 Å². The van der Waals surface area contributed by atoms with Gasteiger partial charge in [-0.3, -0.25) is 4.79 Å². The molecule has 1 aliphatic rings. The van der Waals surface area contributed by atoms with Crippen molar-refractivity contribution in [1.29, 1.82) is 0 Å². The Kier molecular flexibility index (Phi) is 7.03. The Bertz CT molecular complexity index is 1080. The van der Waals surface area contributed by atoms with E-state index in [4.69, 9.17) is 9.47 Å². The van der Waals surface area contributed by atoms with Crippen molar-refractivity contribution in [2.75, 3.05) is 25.6 Å². The van der Waals surface area contributed by atoms with E-state index in [0.717, 1.165) is 10.4 Å². The van der Waals surface area contributed by atoms with Gasteiger partial charge in [0.05, 0.1) is 24.2 Å². The molecule has 168 valence electrons. The number of carbonyl (C=O) groups excluding carboxylic acids is 2. The zero-order valence-corrected chi connectivity index (χ0v) is 19.6. The standard InChI is InChI=1S/C21H26N2O6S2/c1-5-29-21(25)18-13(2)14(3)30-20(18)22-19(24)17-7-6-12-23(17)31(26,27)16-10-8-15(28-4)9-11-16/h8-11,17H,5-7,12H2,1-4H3,(H,22,24). The van der Waals surface area contributed by atoms with Gasteiger partial charge >= 0.3 is 5.97 Å². The van der Waals surface area contributed by atoms with E-state index < -0.39 is 27.9 Å². The predicted octanol–water partition coefficient (Wildman–Crippen LogP) is 3.34. The predicted molar refractivity (Wildman–Crippen MR) is 118 cm³/mol. The maximum Gasteiger partial charge on any atom is 0.341 e. The van der Waals surface area contributed by atoms with Crippen LogP contribution < -0.4 is 10.1 Å². The summed E-state index contributed by atoms with van der Waals surface area (Å²) in [6, 6.07) is 5.21. The largest absolute Gasteiger partial charge is 0.497 e. The minimum Gasteiger partial charge on any atom is -0.497 e. The monoisotopic (exact) mass is 466 g/mol. The first-order chi connectivity index (χ1) is 14.7. The molecule has 0 radical (unpaired) electrons. The number of nitrogens with one attached hydrogen (secondary N) is 1. The van der Waals surface area contributed by atoms with Gasteiger partial charge in [-0.2, -0.15) is 4.31 Å². The Morgan fingerprint density at radius 1 is 1.23 bits per heavy atom. The molecule has 0 aliphatic carbocycles. The highest BCUT2D eigenvalue weighted by molar-refractivity contribution is 7.89. The second-order valence-corrected chi connectivity index (χ2v) is 10.3. The Morgan fingerprint density at radius 3 is 2.52 bits per heavy atom. The molecule has 1 unspecified atom stereocenters. The molecule has 31 heavy (non-hydrogen) atoms. The summed E-state index contributed by atoms with van der Waals surface area (Å²) in [6.45, 7) is 5.83. The third kappa shape index (κ3) is 4.60. The number of rotatable bonds is 7. The summed E-state index contributed by atoms with van der Waals surface area (Å²) in [6.07, 6.45) is 0.972. The van der Waals surface area contributed by atoms with Crippen LogP contribution in [0.15, 0.2) is 29.2 Å². The second-order valence-electron chi connectivity index (χ2n) is 7.15. The third-order valence-corrected chi connectivity index (χ3v) is 8.32. The van der Waals surface area contributed by atoms with Crippen molar-refractivity contribution in [2.24, 2.45) is 0 Å². The highest BCUT2D eigenvalue weighted by atomic mass is 32.2. The molecule has 1 amide bonds. The van der Waals surface area contributed by atoms with E-state index in [9.17, 15) is 18.0 Å². The van der Waals surface area contributed by atoms with Crippen molar-refractivity contribution in [3.63, 3.8) is 0 Å². The second kappa shape index (κ2) is 9.37. The fourth-order valence-corrected chi connectivity index (χ4v) is 6.24. The summed E-state index contributed by atoms with van der Waals surface area (Å²) in [5, 5.41) is 3.16. The van der Waals surface area contributed by atoms with Crippen LogP contribution in [-0.2, 0) is 19.6 Å². The van der Waals surface area contributed by atoms with E-state index in [-0.39, 0.29) is 18.0 Å². The lowest BCUT2D eigenvalue weighted by Crippen LogP contribution is -2.43. The summed E-state index contributed by atoms with van der Waals surface area (Å²) >= 11 is 1.28. The zero-order valence-electron chi connectivity index (χ0n) is 17.9. The van der Waals surface area contributed by atoms with E-state index in [1.807, 2.05) is 6.92 Å². The number of methoxy groups -OCH3 is 1. The third-order valence-electron chi connectivity index (χ3n) is 5.27. The van der Waals surface area contributed by atoms with E-state index in [0.29, 0.717) is 29.2 Å². The molecule has 1 saturated heterocycles. The number of aryl methyl sites for hydroxylation is 1. The number of amides is 1. The fraction of sp³-hybridized carbons (Fsp3) is 0.429. The average molecular weight is 467 g/mol. The van der Waals surface area contributed by atoms with Crippen LogP contribution in [-0.4, -0.2) is 50.9 Å². The Morgan fingerprint density at radius 2 is 1.90 bits per heavy atom. The number of carbonyl (C=O) groups is 2. The number of esters is 1. The first-order valence-electron chi connectivity index (χ1n) is 9.94.